The molecule has 0 unspecified atom stereocenters. The molecule has 0 aliphatic carbocycles. The highest BCUT2D eigenvalue weighted by molar-refractivity contribution is 9.10. The molecule has 3 N–H and O–H groups in total. The third-order valence-electron chi connectivity index (χ3n) is 2.86. The molecule has 0 radical (unpaired) electrons. The van der Waals surface area contributed by atoms with Crippen molar-refractivity contribution in [1.29, 1.82) is 0 Å². The van der Waals surface area contributed by atoms with Crippen LogP contribution in [0.25, 0.3) is 0 Å². The predicted molar refractivity (Wildman–Crippen MR) is 88.6 cm³/mol. The zero-order chi connectivity index (χ0) is 14.3. The van der Waals surface area contributed by atoms with E-state index in [2.05, 4.69) is 59.7 Å². The first-order chi connectivity index (χ1) is 8.99. The van der Waals surface area contributed by atoms with Gasteiger partial charge in [0, 0.05) is 17.4 Å². The van der Waals surface area contributed by atoms with E-state index < -0.39 is 0 Å². The summed E-state index contributed by atoms with van der Waals surface area (Å²) in [5.41, 5.74) is 1.23. The topological polar surface area (TPSA) is 28.5 Å². The van der Waals surface area contributed by atoms with E-state index in [1.165, 1.54) is 10.5 Å². The first kappa shape index (κ1) is 16.4. The molecule has 0 bridgehead atoms. The average Bonchev–Trinajstić information content (AvgIpc) is 2.35. The van der Waals surface area contributed by atoms with Crippen molar-refractivity contribution in [2.75, 3.05) is 27.2 Å². The van der Waals surface area contributed by atoms with Gasteiger partial charge in [0.15, 0.2) is 5.11 Å². The quantitative estimate of drug-likeness (QED) is 0.539. The monoisotopic (exact) mass is 344 g/mol. The molecule has 1 atom stereocenters. The highest BCUT2D eigenvalue weighted by Crippen LogP contribution is 2.16. The molecule has 0 heterocycles. The number of hydrogen-bond donors (Lipinski definition) is 3. The number of quaternary nitrogens is 1. The van der Waals surface area contributed by atoms with Gasteiger partial charge in [-0.3, -0.25) is 0 Å². The van der Waals surface area contributed by atoms with Crippen molar-refractivity contribution < 1.29 is 4.90 Å². The normalized spacial score (nSPS) is 12.3. The molecular weight excluding hydrogens is 322 g/mol. The van der Waals surface area contributed by atoms with E-state index in [1.807, 2.05) is 12.1 Å². The fourth-order valence-corrected chi connectivity index (χ4v) is 2.27. The van der Waals surface area contributed by atoms with Gasteiger partial charge in [0.25, 0.3) is 0 Å². The molecule has 5 heteroatoms. The number of rotatable bonds is 6. The highest BCUT2D eigenvalue weighted by Gasteiger charge is 2.06. The van der Waals surface area contributed by atoms with E-state index >= 15 is 0 Å². The van der Waals surface area contributed by atoms with E-state index in [0.717, 1.165) is 29.1 Å². The number of nitrogens with one attached hydrogen (secondary N) is 3. The van der Waals surface area contributed by atoms with Crippen LogP contribution in [0.15, 0.2) is 28.7 Å². The minimum absolute atomic E-state index is 0.215. The molecule has 0 aliphatic rings. The molecule has 0 aliphatic heterocycles. The minimum atomic E-state index is 0.215. The third-order valence-corrected chi connectivity index (χ3v) is 3.65. The Labute approximate surface area is 129 Å². The Balaban J connectivity index is 2.29. The summed E-state index contributed by atoms with van der Waals surface area (Å²) in [6, 6.07) is 8.50. The Hall–Kier alpha value is -0.650. The Morgan fingerprint density at radius 3 is 2.53 bits per heavy atom. The third kappa shape index (κ3) is 6.89. The molecule has 0 spiro atoms. The summed E-state index contributed by atoms with van der Waals surface area (Å²) in [6.45, 7) is 4.18. The van der Waals surface area contributed by atoms with Crippen molar-refractivity contribution in [2.24, 2.45) is 0 Å². The summed E-state index contributed by atoms with van der Waals surface area (Å²) in [7, 11) is 4.32. The van der Waals surface area contributed by atoms with Crippen LogP contribution < -0.4 is 15.5 Å². The number of halogens is 1. The van der Waals surface area contributed by atoms with Gasteiger partial charge in [0.05, 0.1) is 26.7 Å². The Morgan fingerprint density at radius 2 is 1.95 bits per heavy atom. The molecule has 1 aromatic carbocycles. The summed E-state index contributed by atoms with van der Waals surface area (Å²) < 4.78 is 1.09. The van der Waals surface area contributed by atoms with Crippen LogP contribution >= 0.6 is 28.1 Å². The van der Waals surface area contributed by atoms with Crippen molar-refractivity contribution in [1.82, 2.24) is 10.6 Å². The van der Waals surface area contributed by atoms with Gasteiger partial charge in [-0.15, -0.1) is 0 Å². The molecular formula is C14H23BrN3S+. The summed E-state index contributed by atoms with van der Waals surface area (Å²) >= 11 is 8.74. The van der Waals surface area contributed by atoms with E-state index in [0.29, 0.717) is 0 Å². The Bertz CT molecular complexity index is 392. The van der Waals surface area contributed by atoms with E-state index in [-0.39, 0.29) is 6.04 Å². The smallest absolute Gasteiger partial charge is 0.166 e. The van der Waals surface area contributed by atoms with Crippen LogP contribution in [0.5, 0.6) is 0 Å². The van der Waals surface area contributed by atoms with Gasteiger partial charge < -0.3 is 15.5 Å². The average molecular weight is 345 g/mol. The fourth-order valence-electron chi connectivity index (χ4n) is 1.73. The van der Waals surface area contributed by atoms with Crippen LogP contribution in [-0.2, 0) is 0 Å². The summed E-state index contributed by atoms with van der Waals surface area (Å²) in [5.74, 6) is 0. The molecule has 0 aromatic heterocycles. The maximum atomic E-state index is 5.30. The van der Waals surface area contributed by atoms with Crippen LogP contribution in [-0.4, -0.2) is 32.3 Å². The van der Waals surface area contributed by atoms with Crippen LogP contribution in [0, 0.1) is 0 Å². The fraction of sp³-hybridized carbons (Fsp3) is 0.500. The van der Waals surface area contributed by atoms with E-state index in [1.54, 1.807) is 0 Å². The van der Waals surface area contributed by atoms with Gasteiger partial charge in [-0.1, -0.05) is 28.1 Å². The molecule has 0 saturated heterocycles. The lowest BCUT2D eigenvalue weighted by Gasteiger charge is -2.17. The zero-order valence-corrected chi connectivity index (χ0v) is 14.2. The number of benzene rings is 1. The van der Waals surface area contributed by atoms with Crippen LogP contribution in [0.3, 0.4) is 0 Å². The van der Waals surface area contributed by atoms with Crippen molar-refractivity contribution in [2.45, 2.75) is 19.4 Å². The molecule has 106 valence electrons. The largest absolute Gasteiger partial charge is 0.362 e. The molecule has 0 fully saturated rings. The summed E-state index contributed by atoms with van der Waals surface area (Å²) in [6.07, 6.45) is 1.12. The second-order valence-electron chi connectivity index (χ2n) is 4.98. The second kappa shape index (κ2) is 8.51. The number of hydrogen-bond acceptors (Lipinski definition) is 1. The summed E-state index contributed by atoms with van der Waals surface area (Å²) in [5, 5.41) is 7.28. The standard InChI is InChI=1S/C14H22BrN3S/c1-11(12-5-7-13(15)8-6-12)17-14(19)16-9-4-10-18(2)3/h5-8,11H,4,9-10H2,1-3H3,(H2,16,17,19)/p+1/t11-/m0/s1. The molecule has 19 heavy (non-hydrogen) atoms. The van der Waals surface area contributed by atoms with Crippen molar-refractivity contribution >= 4 is 33.3 Å². The van der Waals surface area contributed by atoms with Crippen LogP contribution in [0.4, 0.5) is 0 Å². The number of thiocarbonyl (C=S) groups is 1. The molecule has 0 saturated carbocycles. The minimum Gasteiger partial charge on any atom is -0.362 e. The second-order valence-corrected chi connectivity index (χ2v) is 6.31. The van der Waals surface area contributed by atoms with Gasteiger partial charge in [0.2, 0.25) is 0 Å². The first-order valence-corrected chi connectivity index (χ1v) is 7.78. The van der Waals surface area contributed by atoms with Gasteiger partial charge in [-0.05, 0) is 36.8 Å². The molecule has 3 nitrogen and oxygen atoms in total. The lowest BCUT2D eigenvalue weighted by Crippen LogP contribution is -3.05. The van der Waals surface area contributed by atoms with Gasteiger partial charge >= 0.3 is 0 Å². The van der Waals surface area contributed by atoms with Crippen LogP contribution in [0.1, 0.15) is 24.9 Å². The zero-order valence-electron chi connectivity index (χ0n) is 11.8. The van der Waals surface area contributed by atoms with Gasteiger partial charge in [-0.2, -0.15) is 0 Å². The summed E-state index contributed by atoms with van der Waals surface area (Å²) in [4.78, 5) is 1.46. The lowest BCUT2D eigenvalue weighted by atomic mass is 10.1. The highest BCUT2D eigenvalue weighted by atomic mass is 79.9. The molecule has 0 amide bonds. The van der Waals surface area contributed by atoms with Gasteiger partial charge in [0.1, 0.15) is 0 Å². The maximum Gasteiger partial charge on any atom is 0.166 e. The Morgan fingerprint density at radius 1 is 1.32 bits per heavy atom. The first-order valence-electron chi connectivity index (χ1n) is 6.58. The van der Waals surface area contributed by atoms with Crippen LogP contribution in [0.2, 0.25) is 0 Å². The predicted octanol–water partition coefficient (Wildman–Crippen LogP) is 1.51. The van der Waals surface area contributed by atoms with Gasteiger partial charge in [-0.25, -0.2) is 0 Å². The lowest BCUT2D eigenvalue weighted by molar-refractivity contribution is -0.858. The van der Waals surface area contributed by atoms with E-state index in [4.69, 9.17) is 12.2 Å². The molecule has 1 aromatic rings. The maximum absolute atomic E-state index is 5.30. The SMILES string of the molecule is C[C@H](NC(=S)NCCC[NH+](C)C)c1ccc(Br)cc1. The molecule has 1 rings (SSSR count). The van der Waals surface area contributed by atoms with Crippen molar-refractivity contribution in [3.8, 4) is 0 Å². The van der Waals surface area contributed by atoms with E-state index in [9.17, 15) is 0 Å². The van der Waals surface area contributed by atoms with Crippen molar-refractivity contribution in [3.05, 3.63) is 34.3 Å². The Kier molecular flexibility index (Phi) is 7.34. The van der Waals surface area contributed by atoms with Crippen molar-refractivity contribution in [3.63, 3.8) is 0 Å².